The molecular weight excluding hydrogens is 272 g/mol. The minimum atomic E-state index is -0.112. The van der Waals surface area contributed by atoms with E-state index in [1.54, 1.807) is 11.3 Å². The van der Waals surface area contributed by atoms with Gasteiger partial charge in [-0.3, -0.25) is 4.79 Å². The van der Waals surface area contributed by atoms with E-state index < -0.39 is 0 Å². The third kappa shape index (κ3) is 2.91. The maximum Gasteiger partial charge on any atom is 0.267 e. The number of H-pyrrole nitrogens is 1. The largest absolute Gasteiger partial charge is 0.357 e. The van der Waals surface area contributed by atoms with Crippen LogP contribution in [0.1, 0.15) is 28.3 Å². The summed E-state index contributed by atoms with van der Waals surface area (Å²) in [5, 5.41) is 5.88. The van der Waals surface area contributed by atoms with Gasteiger partial charge < -0.3 is 16.0 Å². The SMILES string of the molecule is Cc1nc(-c2c[nH]c(C(=O)NCC(N)C3CC3)c2)cs1. The van der Waals surface area contributed by atoms with Crippen LogP contribution in [0.3, 0.4) is 0 Å². The number of rotatable bonds is 5. The summed E-state index contributed by atoms with van der Waals surface area (Å²) in [4.78, 5) is 19.4. The summed E-state index contributed by atoms with van der Waals surface area (Å²) in [5.41, 5.74) is 8.36. The summed E-state index contributed by atoms with van der Waals surface area (Å²) in [6.07, 6.45) is 4.18. The van der Waals surface area contributed by atoms with E-state index in [-0.39, 0.29) is 11.9 Å². The Balaban J connectivity index is 1.62. The van der Waals surface area contributed by atoms with Gasteiger partial charge in [0.1, 0.15) is 5.69 Å². The van der Waals surface area contributed by atoms with Gasteiger partial charge in [-0.1, -0.05) is 0 Å². The molecule has 0 spiro atoms. The zero-order chi connectivity index (χ0) is 14.1. The number of hydrogen-bond acceptors (Lipinski definition) is 4. The second kappa shape index (κ2) is 5.38. The van der Waals surface area contributed by atoms with Crippen LogP contribution in [-0.4, -0.2) is 28.5 Å². The maximum absolute atomic E-state index is 12.0. The molecule has 1 atom stereocenters. The van der Waals surface area contributed by atoms with Crippen LogP contribution in [0.25, 0.3) is 11.3 Å². The average Bonchev–Trinajstić information content (AvgIpc) is 3.01. The molecule has 0 aromatic carbocycles. The van der Waals surface area contributed by atoms with E-state index in [0.29, 0.717) is 18.2 Å². The zero-order valence-corrected chi connectivity index (χ0v) is 12.2. The quantitative estimate of drug-likeness (QED) is 0.786. The third-order valence-electron chi connectivity index (χ3n) is 3.57. The molecule has 5 nitrogen and oxygen atoms in total. The van der Waals surface area contributed by atoms with Crippen LogP contribution >= 0.6 is 11.3 Å². The lowest BCUT2D eigenvalue weighted by molar-refractivity contribution is 0.0946. The van der Waals surface area contributed by atoms with Crippen LogP contribution < -0.4 is 11.1 Å². The molecule has 0 radical (unpaired) electrons. The summed E-state index contributed by atoms with van der Waals surface area (Å²) >= 11 is 1.60. The lowest BCUT2D eigenvalue weighted by Gasteiger charge is -2.10. The van der Waals surface area contributed by atoms with E-state index in [9.17, 15) is 4.79 Å². The Bertz CT molecular complexity index is 614. The van der Waals surface area contributed by atoms with Gasteiger partial charge in [0.05, 0.1) is 10.7 Å². The van der Waals surface area contributed by atoms with Gasteiger partial charge in [-0.15, -0.1) is 11.3 Å². The molecule has 2 heterocycles. The molecule has 1 aliphatic carbocycles. The summed E-state index contributed by atoms with van der Waals surface area (Å²) in [7, 11) is 0. The van der Waals surface area contributed by atoms with E-state index >= 15 is 0 Å². The van der Waals surface area contributed by atoms with E-state index in [1.807, 2.05) is 24.6 Å². The monoisotopic (exact) mass is 290 g/mol. The number of carbonyl (C=O) groups excluding carboxylic acids is 1. The molecule has 1 saturated carbocycles. The maximum atomic E-state index is 12.0. The van der Waals surface area contributed by atoms with Crippen molar-refractivity contribution in [3.05, 3.63) is 28.3 Å². The molecular formula is C14H18N4OS. The molecule has 3 rings (SSSR count). The van der Waals surface area contributed by atoms with E-state index in [0.717, 1.165) is 16.3 Å². The summed E-state index contributed by atoms with van der Waals surface area (Å²) in [5.74, 6) is 0.479. The van der Waals surface area contributed by atoms with Gasteiger partial charge in [0.2, 0.25) is 0 Å². The van der Waals surface area contributed by atoms with Crippen LogP contribution in [0.2, 0.25) is 0 Å². The van der Waals surface area contributed by atoms with Crippen LogP contribution in [0.15, 0.2) is 17.6 Å². The molecule has 20 heavy (non-hydrogen) atoms. The molecule has 1 fully saturated rings. The van der Waals surface area contributed by atoms with Crippen molar-refractivity contribution >= 4 is 17.2 Å². The predicted octanol–water partition coefficient (Wildman–Crippen LogP) is 1.91. The highest BCUT2D eigenvalue weighted by molar-refractivity contribution is 7.09. The van der Waals surface area contributed by atoms with Gasteiger partial charge in [-0.25, -0.2) is 4.98 Å². The van der Waals surface area contributed by atoms with Gasteiger partial charge in [-0.2, -0.15) is 0 Å². The highest BCUT2D eigenvalue weighted by Gasteiger charge is 2.28. The normalized spacial score (nSPS) is 16.1. The van der Waals surface area contributed by atoms with Crippen molar-refractivity contribution in [3.8, 4) is 11.3 Å². The average molecular weight is 290 g/mol. The topological polar surface area (TPSA) is 83.8 Å². The van der Waals surface area contributed by atoms with Gasteiger partial charge in [0.25, 0.3) is 5.91 Å². The second-order valence-corrected chi connectivity index (χ2v) is 6.33. The first-order chi connectivity index (χ1) is 9.63. The fourth-order valence-electron chi connectivity index (χ4n) is 2.17. The van der Waals surface area contributed by atoms with Gasteiger partial charge in [0, 0.05) is 29.7 Å². The molecule has 1 aliphatic rings. The number of nitrogens with one attached hydrogen (secondary N) is 2. The highest BCUT2D eigenvalue weighted by Crippen LogP contribution is 2.31. The van der Waals surface area contributed by atoms with Crippen molar-refractivity contribution in [2.45, 2.75) is 25.8 Å². The Labute approximate surface area is 121 Å². The Morgan fingerprint density at radius 3 is 3.10 bits per heavy atom. The Morgan fingerprint density at radius 1 is 1.65 bits per heavy atom. The van der Waals surface area contributed by atoms with E-state index in [4.69, 9.17) is 5.73 Å². The first-order valence-corrected chi connectivity index (χ1v) is 7.66. The zero-order valence-electron chi connectivity index (χ0n) is 11.3. The molecule has 0 saturated heterocycles. The molecule has 2 aromatic rings. The van der Waals surface area contributed by atoms with E-state index in [1.165, 1.54) is 12.8 Å². The molecule has 0 bridgehead atoms. The number of amides is 1. The molecule has 4 N–H and O–H groups in total. The van der Waals surface area contributed by atoms with Gasteiger partial charge in [-0.05, 0) is 31.7 Å². The van der Waals surface area contributed by atoms with Crippen LogP contribution in [0.5, 0.6) is 0 Å². The molecule has 6 heteroatoms. The van der Waals surface area contributed by atoms with Gasteiger partial charge >= 0.3 is 0 Å². The van der Waals surface area contributed by atoms with Crippen LogP contribution in [-0.2, 0) is 0 Å². The number of hydrogen-bond donors (Lipinski definition) is 3. The van der Waals surface area contributed by atoms with Crippen molar-refractivity contribution in [1.29, 1.82) is 0 Å². The fourth-order valence-corrected chi connectivity index (χ4v) is 2.79. The number of nitrogens with two attached hydrogens (primary N) is 1. The molecule has 1 unspecified atom stereocenters. The van der Waals surface area contributed by atoms with E-state index in [2.05, 4.69) is 15.3 Å². The minimum absolute atomic E-state index is 0.0783. The molecule has 106 valence electrons. The van der Waals surface area contributed by atoms with Crippen molar-refractivity contribution in [2.75, 3.05) is 6.54 Å². The summed E-state index contributed by atoms with van der Waals surface area (Å²) in [6.45, 7) is 2.50. The standard InChI is InChI=1S/C14H18N4OS/c1-8-18-13(7-20-8)10-4-12(16-5-10)14(19)17-6-11(15)9-2-3-9/h4-5,7,9,11,16H,2-3,6,15H2,1H3,(H,17,19). The molecule has 1 amide bonds. The van der Waals surface area contributed by atoms with Gasteiger partial charge in [0.15, 0.2) is 0 Å². The smallest absolute Gasteiger partial charge is 0.267 e. The van der Waals surface area contributed by atoms with Crippen LogP contribution in [0, 0.1) is 12.8 Å². The molecule has 0 aliphatic heterocycles. The fraction of sp³-hybridized carbons (Fsp3) is 0.429. The first kappa shape index (κ1) is 13.3. The second-order valence-electron chi connectivity index (χ2n) is 5.27. The first-order valence-electron chi connectivity index (χ1n) is 6.78. The lowest BCUT2D eigenvalue weighted by Crippen LogP contribution is -2.38. The van der Waals surface area contributed by atoms with Crippen molar-refractivity contribution in [3.63, 3.8) is 0 Å². The minimum Gasteiger partial charge on any atom is -0.357 e. The van der Waals surface area contributed by atoms with Crippen LogP contribution in [0.4, 0.5) is 0 Å². The number of aromatic nitrogens is 2. The molecule has 2 aromatic heterocycles. The van der Waals surface area contributed by atoms with Crippen molar-refractivity contribution < 1.29 is 4.79 Å². The van der Waals surface area contributed by atoms with Crippen molar-refractivity contribution in [1.82, 2.24) is 15.3 Å². The number of nitrogens with zero attached hydrogens (tertiary/aromatic N) is 1. The summed E-state index contributed by atoms with van der Waals surface area (Å²) in [6, 6.07) is 1.90. The summed E-state index contributed by atoms with van der Waals surface area (Å²) < 4.78 is 0. The Kier molecular flexibility index (Phi) is 3.58. The Hall–Kier alpha value is -1.66. The highest BCUT2D eigenvalue weighted by atomic mass is 32.1. The third-order valence-corrected chi connectivity index (χ3v) is 4.34. The number of thiazole rings is 1. The van der Waals surface area contributed by atoms with Crippen molar-refractivity contribution in [2.24, 2.45) is 11.7 Å². The lowest BCUT2D eigenvalue weighted by atomic mass is 10.2. The number of aromatic amines is 1. The Morgan fingerprint density at radius 2 is 2.45 bits per heavy atom. The predicted molar refractivity (Wildman–Crippen MR) is 79.7 cm³/mol. The number of aryl methyl sites for hydroxylation is 1. The number of carbonyl (C=O) groups is 1.